The van der Waals surface area contributed by atoms with Crippen LogP contribution >= 0.6 is 0 Å². The number of nitrogens with two attached hydrogens (primary N) is 1. The molecule has 0 aromatic carbocycles. The van der Waals surface area contributed by atoms with Crippen LogP contribution in [0.3, 0.4) is 0 Å². The Morgan fingerprint density at radius 2 is 2.35 bits per heavy atom. The van der Waals surface area contributed by atoms with Gasteiger partial charge in [-0.25, -0.2) is 4.98 Å². The molecule has 0 spiro atoms. The Bertz CT molecular complexity index is 383. The summed E-state index contributed by atoms with van der Waals surface area (Å²) in [6.45, 7) is 6.06. The fourth-order valence-corrected chi connectivity index (χ4v) is 2.32. The molecular formula is C13H21N3O. The number of aromatic nitrogens is 1. The summed E-state index contributed by atoms with van der Waals surface area (Å²) in [4.78, 5) is 6.84. The molecule has 0 amide bonds. The molecule has 1 aromatic heterocycles. The molecular weight excluding hydrogens is 214 g/mol. The van der Waals surface area contributed by atoms with Crippen molar-refractivity contribution in [1.82, 2.24) is 9.88 Å². The van der Waals surface area contributed by atoms with E-state index in [1.165, 1.54) is 6.42 Å². The van der Waals surface area contributed by atoms with Crippen LogP contribution in [0.2, 0.25) is 0 Å². The second kappa shape index (κ2) is 5.02. The number of likely N-dealkylation sites (tertiary alicyclic amines) is 1. The molecule has 1 fully saturated rings. The highest BCUT2D eigenvalue weighted by Crippen LogP contribution is 2.29. The zero-order valence-corrected chi connectivity index (χ0v) is 10.6. The Hall–Kier alpha value is -1.13. The van der Waals surface area contributed by atoms with E-state index >= 15 is 0 Å². The first-order chi connectivity index (χ1) is 8.15. The molecule has 0 saturated carbocycles. The van der Waals surface area contributed by atoms with Gasteiger partial charge in [-0.15, -0.1) is 0 Å². The van der Waals surface area contributed by atoms with Crippen molar-refractivity contribution in [3.8, 4) is 5.88 Å². The van der Waals surface area contributed by atoms with Crippen LogP contribution < -0.4 is 10.5 Å². The topological polar surface area (TPSA) is 51.4 Å². The van der Waals surface area contributed by atoms with Crippen molar-refractivity contribution < 1.29 is 4.74 Å². The van der Waals surface area contributed by atoms with E-state index in [0.717, 1.165) is 31.9 Å². The number of hydrogen-bond acceptors (Lipinski definition) is 4. The van der Waals surface area contributed by atoms with Gasteiger partial charge >= 0.3 is 0 Å². The quantitative estimate of drug-likeness (QED) is 0.853. The first-order valence-corrected chi connectivity index (χ1v) is 6.07. The highest BCUT2D eigenvalue weighted by atomic mass is 16.5. The average Bonchev–Trinajstić information content (AvgIpc) is 2.72. The molecule has 0 aliphatic carbocycles. The van der Waals surface area contributed by atoms with Gasteiger partial charge in [0.25, 0.3) is 0 Å². The summed E-state index contributed by atoms with van der Waals surface area (Å²) in [7, 11) is 1.65. The lowest BCUT2D eigenvalue weighted by Gasteiger charge is -2.22. The average molecular weight is 235 g/mol. The maximum atomic E-state index is 5.81. The third-order valence-electron chi connectivity index (χ3n) is 3.51. The summed E-state index contributed by atoms with van der Waals surface area (Å²) in [5.74, 6) is 0.684. The number of nitrogens with zero attached hydrogens (tertiary/aromatic N) is 2. The predicted molar refractivity (Wildman–Crippen MR) is 67.8 cm³/mol. The van der Waals surface area contributed by atoms with Gasteiger partial charge in [0.15, 0.2) is 0 Å². The maximum absolute atomic E-state index is 5.81. The molecule has 1 aliphatic rings. The molecule has 0 radical (unpaired) electrons. The maximum Gasteiger partial charge on any atom is 0.213 e. The van der Waals surface area contributed by atoms with E-state index < -0.39 is 0 Å². The van der Waals surface area contributed by atoms with Gasteiger partial charge in [0.2, 0.25) is 5.88 Å². The molecule has 4 heteroatoms. The normalized spacial score (nSPS) is 25.1. The second-order valence-electron chi connectivity index (χ2n) is 5.15. The monoisotopic (exact) mass is 235 g/mol. The summed E-state index contributed by atoms with van der Waals surface area (Å²) in [6.07, 6.45) is 1.17. The minimum absolute atomic E-state index is 0.277. The number of pyridine rings is 1. The van der Waals surface area contributed by atoms with Gasteiger partial charge < -0.3 is 10.5 Å². The fourth-order valence-electron chi connectivity index (χ4n) is 2.32. The Morgan fingerprint density at radius 3 is 3.00 bits per heavy atom. The van der Waals surface area contributed by atoms with Gasteiger partial charge in [0.05, 0.1) is 12.8 Å². The van der Waals surface area contributed by atoms with E-state index in [-0.39, 0.29) is 5.41 Å². The van der Waals surface area contributed by atoms with Gasteiger partial charge in [-0.05, 0) is 31.0 Å². The van der Waals surface area contributed by atoms with Crippen LogP contribution in [0.15, 0.2) is 18.2 Å². The molecule has 94 valence electrons. The van der Waals surface area contributed by atoms with E-state index in [0.29, 0.717) is 5.88 Å². The van der Waals surface area contributed by atoms with E-state index in [2.05, 4.69) is 16.8 Å². The third-order valence-corrected chi connectivity index (χ3v) is 3.51. The molecule has 1 aromatic rings. The molecule has 1 unspecified atom stereocenters. The summed E-state index contributed by atoms with van der Waals surface area (Å²) in [5, 5.41) is 0. The lowest BCUT2D eigenvalue weighted by molar-refractivity contribution is 0.271. The van der Waals surface area contributed by atoms with Gasteiger partial charge in [0.1, 0.15) is 0 Å². The van der Waals surface area contributed by atoms with Gasteiger partial charge in [0, 0.05) is 19.2 Å². The van der Waals surface area contributed by atoms with Crippen molar-refractivity contribution in [2.45, 2.75) is 19.9 Å². The Labute approximate surface area is 103 Å². The van der Waals surface area contributed by atoms with E-state index in [4.69, 9.17) is 10.5 Å². The zero-order valence-electron chi connectivity index (χ0n) is 10.6. The fraction of sp³-hybridized carbons (Fsp3) is 0.615. The van der Waals surface area contributed by atoms with Crippen LogP contribution in [0.25, 0.3) is 0 Å². The van der Waals surface area contributed by atoms with Crippen molar-refractivity contribution in [2.75, 3.05) is 26.7 Å². The Morgan fingerprint density at radius 1 is 1.53 bits per heavy atom. The molecule has 2 rings (SSSR count). The minimum Gasteiger partial charge on any atom is -0.481 e. The molecule has 2 N–H and O–H groups in total. The van der Waals surface area contributed by atoms with Crippen LogP contribution in [-0.4, -0.2) is 36.6 Å². The number of hydrogen-bond donors (Lipinski definition) is 1. The first kappa shape index (κ1) is 12.3. The molecule has 1 aliphatic heterocycles. The van der Waals surface area contributed by atoms with Crippen molar-refractivity contribution >= 4 is 0 Å². The minimum atomic E-state index is 0.277. The molecule has 1 atom stereocenters. The van der Waals surface area contributed by atoms with Crippen LogP contribution in [0.1, 0.15) is 19.0 Å². The summed E-state index contributed by atoms with van der Waals surface area (Å²) in [6, 6.07) is 5.90. The lowest BCUT2D eigenvalue weighted by atomic mass is 9.90. The molecule has 2 heterocycles. The van der Waals surface area contributed by atoms with Crippen molar-refractivity contribution in [2.24, 2.45) is 11.1 Å². The van der Waals surface area contributed by atoms with Gasteiger partial charge in [-0.3, -0.25) is 4.90 Å². The largest absolute Gasteiger partial charge is 0.481 e. The number of rotatable bonds is 4. The number of methoxy groups -OCH3 is 1. The summed E-state index contributed by atoms with van der Waals surface area (Å²) in [5.41, 5.74) is 7.14. The predicted octanol–water partition coefficient (Wildman–Crippen LogP) is 1.26. The van der Waals surface area contributed by atoms with Crippen molar-refractivity contribution in [3.05, 3.63) is 23.9 Å². The molecule has 17 heavy (non-hydrogen) atoms. The van der Waals surface area contributed by atoms with E-state index in [1.54, 1.807) is 7.11 Å². The number of ether oxygens (including phenoxy) is 1. The summed E-state index contributed by atoms with van der Waals surface area (Å²) < 4.78 is 5.13. The molecule has 1 saturated heterocycles. The second-order valence-corrected chi connectivity index (χ2v) is 5.15. The van der Waals surface area contributed by atoms with Gasteiger partial charge in [-0.2, -0.15) is 0 Å². The van der Waals surface area contributed by atoms with Crippen molar-refractivity contribution in [3.63, 3.8) is 0 Å². The van der Waals surface area contributed by atoms with Crippen LogP contribution in [0.4, 0.5) is 0 Å². The van der Waals surface area contributed by atoms with Crippen LogP contribution in [0, 0.1) is 5.41 Å². The third kappa shape index (κ3) is 2.96. The smallest absolute Gasteiger partial charge is 0.213 e. The highest BCUT2D eigenvalue weighted by Gasteiger charge is 2.32. The standard InChI is InChI=1S/C13H21N3O/c1-13(9-14)6-7-16(10-13)8-11-4-3-5-12(15-11)17-2/h3-5H,6-10,14H2,1-2H3. The van der Waals surface area contributed by atoms with Crippen LogP contribution in [-0.2, 0) is 6.54 Å². The highest BCUT2D eigenvalue weighted by molar-refractivity contribution is 5.15. The zero-order chi connectivity index (χ0) is 12.3. The van der Waals surface area contributed by atoms with E-state index in [9.17, 15) is 0 Å². The SMILES string of the molecule is COc1cccc(CN2CCC(C)(CN)C2)n1. The molecule has 4 nitrogen and oxygen atoms in total. The van der Waals surface area contributed by atoms with Gasteiger partial charge in [-0.1, -0.05) is 13.0 Å². The van der Waals surface area contributed by atoms with E-state index in [1.807, 2.05) is 18.2 Å². The first-order valence-electron chi connectivity index (χ1n) is 6.07. The lowest BCUT2D eigenvalue weighted by Crippen LogP contribution is -2.31. The Kier molecular flexibility index (Phi) is 3.64. The molecule has 0 bridgehead atoms. The Balaban J connectivity index is 1.98. The van der Waals surface area contributed by atoms with Crippen molar-refractivity contribution in [1.29, 1.82) is 0 Å². The van der Waals surface area contributed by atoms with Crippen LogP contribution in [0.5, 0.6) is 5.88 Å². The summed E-state index contributed by atoms with van der Waals surface area (Å²) >= 11 is 0.